The number of amides is 1. The van der Waals surface area contributed by atoms with Gasteiger partial charge in [0.2, 0.25) is 0 Å². The number of halogens is 1. The Bertz CT molecular complexity index is 991. The summed E-state index contributed by atoms with van der Waals surface area (Å²) in [6, 6.07) is 7.96. The highest BCUT2D eigenvalue weighted by molar-refractivity contribution is 9.10. The van der Waals surface area contributed by atoms with Crippen LogP contribution in [0.3, 0.4) is 0 Å². The van der Waals surface area contributed by atoms with Crippen molar-refractivity contribution in [2.24, 2.45) is 0 Å². The van der Waals surface area contributed by atoms with Crippen LogP contribution in [-0.4, -0.2) is 36.5 Å². The number of hydrogen-bond donors (Lipinski definition) is 2. The van der Waals surface area contributed by atoms with Gasteiger partial charge in [0.25, 0.3) is 5.91 Å². The van der Waals surface area contributed by atoms with Crippen LogP contribution in [0.25, 0.3) is 0 Å². The minimum atomic E-state index is -1.02. The number of carboxylic acids is 1. The second-order valence-corrected chi connectivity index (χ2v) is 7.02. The molecule has 0 saturated carbocycles. The molecule has 9 heteroatoms. The zero-order valence-corrected chi connectivity index (χ0v) is 16.4. The van der Waals surface area contributed by atoms with Crippen molar-refractivity contribution in [1.82, 2.24) is 19.6 Å². The Balaban J connectivity index is 1.76. The molecule has 0 bridgehead atoms. The molecule has 27 heavy (non-hydrogen) atoms. The zero-order chi connectivity index (χ0) is 19.6. The van der Waals surface area contributed by atoms with Crippen molar-refractivity contribution < 1.29 is 14.7 Å². The van der Waals surface area contributed by atoms with E-state index in [1.54, 1.807) is 0 Å². The highest BCUT2D eigenvalue weighted by Gasteiger charge is 2.17. The van der Waals surface area contributed by atoms with E-state index in [0.717, 1.165) is 15.7 Å². The van der Waals surface area contributed by atoms with Gasteiger partial charge in [0.15, 0.2) is 0 Å². The maximum absolute atomic E-state index is 12.5. The molecule has 140 valence electrons. The van der Waals surface area contributed by atoms with Gasteiger partial charge < -0.3 is 10.4 Å². The maximum Gasteiger partial charge on any atom is 0.325 e. The van der Waals surface area contributed by atoms with Gasteiger partial charge in [0.1, 0.15) is 6.54 Å². The summed E-state index contributed by atoms with van der Waals surface area (Å²) in [5.74, 6) is -1.38. The van der Waals surface area contributed by atoms with Gasteiger partial charge in [-0.2, -0.15) is 10.2 Å². The molecule has 3 rings (SSSR count). The number of nitrogens with one attached hydrogen (secondary N) is 1. The van der Waals surface area contributed by atoms with E-state index in [-0.39, 0.29) is 18.0 Å². The molecule has 0 radical (unpaired) electrons. The number of anilines is 1. The summed E-state index contributed by atoms with van der Waals surface area (Å²) in [4.78, 5) is 23.2. The Kier molecular flexibility index (Phi) is 5.41. The SMILES string of the molecule is Cc1nn(Cc2ccc(Br)cc2)c(C)c1NC(=O)c1cnn(CC(=O)O)c1. The molecular formula is C18H18BrN5O3. The van der Waals surface area contributed by atoms with E-state index in [1.165, 1.54) is 17.1 Å². The van der Waals surface area contributed by atoms with Crippen LogP contribution in [0.15, 0.2) is 41.1 Å². The van der Waals surface area contributed by atoms with Crippen molar-refractivity contribution in [2.45, 2.75) is 26.9 Å². The fraction of sp³-hybridized carbons (Fsp3) is 0.222. The molecule has 1 amide bonds. The number of carbonyl (C=O) groups excluding carboxylic acids is 1. The molecule has 8 nitrogen and oxygen atoms in total. The Labute approximate surface area is 163 Å². The standard InChI is InChI=1S/C18H18BrN5O3/c1-11-17(21-18(27)14-7-20-23(9-14)10-16(25)26)12(2)24(22-11)8-13-3-5-15(19)6-4-13/h3-7,9H,8,10H2,1-2H3,(H,21,27)(H,25,26). The van der Waals surface area contributed by atoms with Crippen molar-refractivity contribution in [1.29, 1.82) is 0 Å². The minimum absolute atomic E-state index is 0.288. The first-order valence-electron chi connectivity index (χ1n) is 8.17. The molecule has 0 saturated heterocycles. The van der Waals surface area contributed by atoms with Crippen molar-refractivity contribution in [3.05, 3.63) is 63.6 Å². The van der Waals surface area contributed by atoms with Gasteiger partial charge in [0.05, 0.1) is 35.4 Å². The van der Waals surface area contributed by atoms with Crippen molar-refractivity contribution in [3.8, 4) is 0 Å². The number of carbonyl (C=O) groups is 2. The number of benzene rings is 1. The number of carboxylic acid groups (broad SMARTS) is 1. The third-order valence-electron chi connectivity index (χ3n) is 4.06. The third kappa shape index (κ3) is 4.43. The second-order valence-electron chi connectivity index (χ2n) is 6.10. The summed E-state index contributed by atoms with van der Waals surface area (Å²) in [6.07, 6.45) is 2.75. The first-order chi connectivity index (χ1) is 12.8. The Morgan fingerprint density at radius 2 is 1.93 bits per heavy atom. The van der Waals surface area contributed by atoms with Crippen LogP contribution < -0.4 is 5.32 Å². The Morgan fingerprint density at radius 3 is 2.59 bits per heavy atom. The molecule has 2 aromatic heterocycles. The van der Waals surface area contributed by atoms with Crippen molar-refractivity contribution in [2.75, 3.05) is 5.32 Å². The molecule has 3 aromatic rings. The molecule has 1 aromatic carbocycles. The molecule has 0 unspecified atom stereocenters. The number of aromatic nitrogens is 4. The number of aryl methyl sites for hydroxylation is 1. The highest BCUT2D eigenvalue weighted by atomic mass is 79.9. The van der Waals surface area contributed by atoms with Gasteiger partial charge in [-0.25, -0.2) is 0 Å². The second kappa shape index (κ2) is 7.75. The molecule has 0 aliphatic carbocycles. The number of rotatable bonds is 6. The van der Waals surface area contributed by atoms with Gasteiger partial charge in [-0.3, -0.25) is 19.0 Å². The van der Waals surface area contributed by atoms with Gasteiger partial charge in [-0.15, -0.1) is 0 Å². The van der Waals surface area contributed by atoms with E-state index >= 15 is 0 Å². The number of nitrogens with zero attached hydrogens (tertiary/aromatic N) is 4. The predicted octanol–water partition coefficient (Wildman–Crippen LogP) is 2.84. The number of hydrogen-bond acceptors (Lipinski definition) is 4. The van der Waals surface area contributed by atoms with E-state index in [4.69, 9.17) is 5.11 Å². The minimum Gasteiger partial charge on any atom is -0.480 e. The average Bonchev–Trinajstić information content (AvgIpc) is 3.17. The fourth-order valence-electron chi connectivity index (χ4n) is 2.69. The lowest BCUT2D eigenvalue weighted by Gasteiger charge is -2.07. The molecule has 0 atom stereocenters. The summed E-state index contributed by atoms with van der Waals surface area (Å²) in [5.41, 5.74) is 3.56. The smallest absolute Gasteiger partial charge is 0.325 e. The Morgan fingerprint density at radius 1 is 1.22 bits per heavy atom. The molecule has 0 aliphatic heterocycles. The van der Waals surface area contributed by atoms with Gasteiger partial charge in [-0.05, 0) is 31.5 Å². The molecule has 0 aliphatic rings. The normalized spacial score (nSPS) is 10.8. The lowest BCUT2D eigenvalue weighted by molar-refractivity contribution is -0.137. The van der Waals surface area contributed by atoms with E-state index < -0.39 is 5.97 Å². The Hall–Kier alpha value is -2.94. The average molecular weight is 432 g/mol. The largest absolute Gasteiger partial charge is 0.480 e. The number of aliphatic carboxylic acids is 1. The van der Waals surface area contributed by atoms with E-state index in [2.05, 4.69) is 31.4 Å². The van der Waals surface area contributed by atoms with Gasteiger partial charge in [0, 0.05) is 10.7 Å². The third-order valence-corrected chi connectivity index (χ3v) is 4.59. The fourth-order valence-corrected chi connectivity index (χ4v) is 2.95. The van der Waals surface area contributed by atoms with Crippen LogP contribution in [-0.2, 0) is 17.9 Å². The molecular weight excluding hydrogens is 414 g/mol. The molecule has 2 heterocycles. The quantitative estimate of drug-likeness (QED) is 0.624. The van der Waals surface area contributed by atoms with Crippen LogP contribution >= 0.6 is 15.9 Å². The first-order valence-corrected chi connectivity index (χ1v) is 8.97. The molecule has 0 fully saturated rings. The van der Waals surface area contributed by atoms with E-state index in [0.29, 0.717) is 17.9 Å². The first kappa shape index (κ1) is 18.8. The van der Waals surface area contributed by atoms with Crippen LogP contribution in [0, 0.1) is 13.8 Å². The maximum atomic E-state index is 12.5. The van der Waals surface area contributed by atoms with Crippen LogP contribution in [0.4, 0.5) is 5.69 Å². The molecule has 0 spiro atoms. The van der Waals surface area contributed by atoms with Gasteiger partial charge >= 0.3 is 5.97 Å². The highest BCUT2D eigenvalue weighted by Crippen LogP contribution is 2.22. The monoisotopic (exact) mass is 431 g/mol. The summed E-state index contributed by atoms with van der Waals surface area (Å²) >= 11 is 3.42. The summed E-state index contributed by atoms with van der Waals surface area (Å²) in [6.45, 7) is 4.01. The predicted molar refractivity (Wildman–Crippen MR) is 103 cm³/mol. The lowest BCUT2D eigenvalue weighted by Crippen LogP contribution is -2.13. The molecule has 2 N–H and O–H groups in total. The van der Waals surface area contributed by atoms with Crippen LogP contribution in [0.2, 0.25) is 0 Å². The summed E-state index contributed by atoms with van der Waals surface area (Å²) in [7, 11) is 0. The lowest BCUT2D eigenvalue weighted by atomic mass is 10.2. The summed E-state index contributed by atoms with van der Waals surface area (Å²) in [5, 5.41) is 20.0. The van der Waals surface area contributed by atoms with E-state index in [9.17, 15) is 9.59 Å². The van der Waals surface area contributed by atoms with Crippen molar-refractivity contribution >= 4 is 33.5 Å². The topological polar surface area (TPSA) is 102 Å². The van der Waals surface area contributed by atoms with Gasteiger partial charge in [-0.1, -0.05) is 28.1 Å². The van der Waals surface area contributed by atoms with Crippen LogP contribution in [0.1, 0.15) is 27.3 Å². The summed E-state index contributed by atoms with van der Waals surface area (Å²) < 4.78 is 4.05. The van der Waals surface area contributed by atoms with Crippen molar-refractivity contribution in [3.63, 3.8) is 0 Å². The zero-order valence-electron chi connectivity index (χ0n) is 14.8. The van der Waals surface area contributed by atoms with E-state index in [1.807, 2.05) is 42.8 Å². The van der Waals surface area contributed by atoms with Crippen LogP contribution in [0.5, 0.6) is 0 Å².